The van der Waals surface area contributed by atoms with Crippen LogP contribution in [-0.4, -0.2) is 6.54 Å². The maximum Gasteiger partial charge on any atom is 0.164 e. The van der Waals surface area contributed by atoms with Crippen molar-refractivity contribution in [2.75, 3.05) is 6.54 Å². The summed E-state index contributed by atoms with van der Waals surface area (Å²) in [5, 5.41) is 3.46. The van der Waals surface area contributed by atoms with Gasteiger partial charge in [0.15, 0.2) is 3.77 Å². The summed E-state index contributed by atoms with van der Waals surface area (Å²) in [4.78, 5) is 0. The standard InChI is InChI=1S/C11H16INO/c12-11-6-5-10(14-11)8-13-7-9-3-1-2-4-9/h5-6,9,13H,1-4,7-8H2. The van der Waals surface area contributed by atoms with Gasteiger partial charge in [0.1, 0.15) is 5.76 Å². The van der Waals surface area contributed by atoms with Crippen molar-refractivity contribution in [3.05, 3.63) is 21.7 Å². The third kappa shape index (κ3) is 2.98. The molecular weight excluding hydrogens is 289 g/mol. The first-order valence-electron chi connectivity index (χ1n) is 5.29. The summed E-state index contributed by atoms with van der Waals surface area (Å²) in [5.74, 6) is 1.96. The van der Waals surface area contributed by atoms with E-state index >= 15 is 0 Å². The van der Waals surface area contributed by atoms with Gasteiger partial charge in [0, 0.05) is 0 Å². The van der Waals surface area contributed by atoms with Gasteiger partial charge in [0.05, 0.1) is 6.54 Å². The Morgan fingerprint density at radius 3 is 2.79 bits per heavy atom. The van der Waals surface area contributed by atoms with Crippen molar-refractivity contribution >= 4 is 22.6 Å². The molecule has 1 heterocycles. The van der Waals surface area contributed by atoms with E-state index in [0.717, 1.165) is 28.5 Å². The van der Waals surface area contributed by atoms with Gasteiger partial charge >= 0.3 is 0 Å². The molecule has 1 N–H and O–H groups in total. The summed E-state index contributed by atoms with van der Waals surface area (Å²) >= 11 is 2.20. The maximum absolute atomic E-state index is 5.47. The smallest absolute Gasteiger partial charge is 0.164 e. The van der Waals surface area contributed by atoms with Crippen LogP contribution in [0.2, 0.25) is 0 Å². The van der Waals surface area contributed by atoms with Gasteiger partial charge in [-0.05, 0) is 60.0 Å². The van der Waals surface area contributed by atoms with E-state index < -0.39 is 0 Å². The average molecular weight is 305 g/mol. The number of furan rings is 1. The number of nitrogens with one attached hydrogen (secondary N) is 1. The van der Waals surface area contributed by atoms with Gasteiger partial charge in [-0.2, -0.15) is 0 Å². The summed E-state index contributed by atoms with van der Waals surface area (Å²) < 4.78 is 6.44. The Labute approximate surface area is 98.6 Å². The van der Waals surface area contributed by atoms with Crippen molar-refractivity contribution in [1.29, 1.82) is 0 Å². The van der Waals surface area contributed by atoms with Crippen LogP contribution in [0.1, 0.15) is 31.4 Å². The quantitative estimate of drug-likeness (QED) is 0.865. The number of hydrogen-bond donors (Lipinski definition) is 1. The zero-order chi connectivity index (χ0) is 9.80. The molecule has 0 bridgehead atoms. The third-order valence-electron chi connectivity index (χ3n) is 2.84. The first-order valence-corrected chi connectivity index (χ1v) is 6.37. The second-order valence-electron chi connectivity index (χ2n) is 3.99. The Morgan fingerprint density at radius 1 is 1.36 bits per heavy atom. The summed E-state index contributed by atoms with van der Waals surface area (Å²) in [6.45, 7) is 2.02. The van der Waals surface area contributed by atoms with Gasteiger partial charge in [-0.25, -0.2) is 0 Å². The van der Waals surface area contributed by atoms with Crippen LogP contribution in [0.3, 0.4) is 0 Å². The van der Waals surface area contributed by atoms with Gasteiger partial charge in [-0.3, -0.25) is 0 Å². The van der Waals surface area contributed by atoms with Crippen molar-refractivity contribution in [3.8, 4) is 0 Å². The predicted molar refractivity (Wildman–Crippen MR) is 65.1 cm³/mol. The van der Waals surface area contributed by atoms with E-state index in [-0.39, 0.29) is 0 Å². The summed E-state index contributed by atoms with van der Waals surface area (Å²) in [6.07, 6.45) is 5.65. The highest BCUT2D eigenvalue weighted by Crippen LogP contribution is 2.23. The van der Waals surface area contributed by atoms with E-state index in [1.807, 2.05) is 12.1 Å². The maximum atomic E-state index is 5.47. The predicted octanol–water partition coefficient (Wildman–Crippen LogP) is 3.16. The normalized spacial score (nSPS) is 17.8. The number of hydrogen-bond acceptors (Lipinski definition) is 2. The topological polar surface area (TPSA) is 25.2 Å². The molecule has 1 aliphatic rings. The Hall–Kier alpha value is -0.0300. The molecule has 0 unspecified atom stereocenters. The molecule has 78 valence electrons. The molecule has 0 aliphatic heterocycles. The minimum absolute atomic E-state index is 0.875. The largest absolute Gasteiger partial charge is 0.454 e. The van der Waals surface area contributed by atoms with Crippen LogP contribution in [0.25, 0.3) is 0 Å². The van der Waals surface area contributed by atoms with Crippen molar-refractivity contribution in [2.45, 2.75) is 32.2 Å². The molecule has 0 aromatic carbocycles. The van der Waals surface area contributed by atoms with Crippen molar-refractivity contribution in [1.82, 2.24) is 5.32 Å². The lowest BCUT2D eigenvalue weighted by Gasteiger charge is -2.08. The molecule has 0 amide bonds. The fourth-order valence-electron chi connectivity index (χ4n) is 2.06. The fourth-order valence-corrected chi connectivity index (χ4v) is 2.52. The number of halogens is 1. The molecule has 1 saturated carbocycles. The van der Waals surface area contributed by atoms with Crippen molar-refractivity contribution < 1.29 is 4.42 Å². The van der Waals surface area contributed by atoms with Crippen molar-refractivity contribution in [2.24, 2.45) is 5.92 Å². The fraction of sp³-hybridized carbons (Fsp3) is 0.636. The highest BCUT2D eigenvalue weighted by atomic mass is 127. The second kappa shape index (κ2) is 5.16. The first-order chi connectivity index (χ1) is 6.84. The SMILES string of the molecule is Ic1ccc(CNCC2CCCC2)o1. The molecule has 2 rings (SSSR count). The second-order valence-corrected chi connectivity index (χ2v) is 5.05. The Bertz CT molecular complexity index is 279. The van der Waals surface area contributed by atoms with E-state index in [1.54, 1.807) is 0 Å². The number of rotatable bonds is 4. The third-order valence-corrected chi connectivity index (χ3v) is 3.42. The van der Waals surface area contributed by atoms with E-state index in [4.69, 9.17) is 4.42 Å². The van der Waals surface area contributed by atoms with Crippen LogP contribution in [0.15, 0.2) is 16.5 Å². The molecule has 3 heteroatoms. The molecule has 0 saturated heterocycles. The van der Waals surface area contributed by atoms with E-state index in [2.05, 4.69) is 27.9 Å². The molecule has 2 nitrogen and oxygen atoms in total. The molecule has 1 aliphatic carbocycles. The van der Waals surface area contributed by atoms with Gasteiger partial charge in [-0.1, -0.05) is 12.8 Å². The molecule has 0 spiro atoms. The lowest BCUT2D eigenvalue weighted by molar-refractivity contribution is 0.433. The van der Waals surface area contributed by atoms with Crippen LogP contribution >= 0.6 is 22.6 Å². The Kier molecular flexibility index (Phi) is 3.87. The molecule has 1 aromatic rings. The van der Waals surface area contributed by atoms with Crippen LogP contribution in [0, 0.1) is 9.68 Å². The Morgan fingerprint density at radius 2 is 2.14 bits per heavy atom. The summed E-state index contributed by atoms with van der Waals surface area (Å²) in [5.41, 5.74) is 0. The van der Waals surface area contributed by atoms with Gasteiger partial charge in [-0.15, -0.1) is 0 Å². The minimum Gasteiger partial charge on any atom is -0.454 e. The highest BCUT2D eigenvalue weighted by Gasteiger charge is 2.14. The van der Waals surface area contributed by atoms with Crippen LogP contribution < -0.4 is 5.32 Å². The monoisotopic (exact) mass is 305 g/mol. The average Bonchev–Trinajstić information content (AvgIpc) is 2.77. The molecule has 14 heavy (non-hydrogen) atoms. The van der Waals surface area contributed by atoms with Crippen LogP contribution in [0.4, 0.5) is 0 Å². The Balaban J connectivity index is 1.67. The molecule has 1 aromatic heterocycles. The summed E-state index contributed by atoms with van der Waals surface area (Å²) in [7, 11) is 0. The van der Waals surface area contributed by atoms with Crippen LogP contribution in [-0.2, 0) is 6.54 Å². The van der Waals surface area contributed by atoms with Crippen molar-refractivity contribution in [3.63, 3.8) is 0 Å². The highest BCUT2D eigenvalue weighted by molar-refractivity contribution is 14.1. The molecule has 1 fully saturated rings. The van der Waals surface area contributed by atoms with E-state index in [9.17, 15) is 0 Å². The zero-order valence-electron chi connectivity index (χ0n) is 8.26. The molecule has 0 radical (unpaired) electrons. The minimum atomic E-state index is 0.875. The van der Waals surface area contributed by atoms with Gasteiger partial charge < -0.3 is 9.73 Å². The lowest BCUT2D eigenvalue weighted by Crippen LogP contribution is -2.20. The lowest BCUT2D eigenvalue weighted by atomic mass is 10.1. The summed E-state index contributed by atoms with van der Waals surface area (Å²) in [6, 6.07) is 4.05. The van der Waals surface area contributed by atoms with Crippen LogP contribution in [0.5, 0.6) is 0 Å². The van der Waals surface area contributed by atoms with Gasteiger partial charge in [0.25, 0.3) is 0 Å². The van der Waals surface area contributed by atoms with Gasteiger partial charge in [0.2, 0.25) is 0 Å². The van der Waals surface area contributed by atoms with E-state index in [1.165, 1.54) is 25.7 Å². The zero-order valence-corrected chi connectivity index (χ0v) is 10.4. The first kappa shape index (κ1) is 10.5. The molecular formula is C11H16INO. The molecule has 0 atom stereocenters. The van der Waals surface area contributed by atoms with E-state index in [0.29, 0.717) is 0 Å².